The van der Waals surface area contributed by atoms with Gasteiger partial charge in [-0.05, 0) is 6.42 Å². The van der Waals surface area contributed by atoms with Crippen molar-refractivity contribution in [1.82, 2.24) is 0 Å². The lowest BCUT2D eigenvalue weighted by Crippen LogP contribution is -2.26. The van der Waals surface area contributed by atoms with Gasteiger partial charge in [0.15, 0.2) is 0 Å². The van der Waals surface area contributed by atoms with Crippen LogP contribution in [0.25, 0.3) is 0 Å². The summed E-state index contributed by atoms with van der Waals surface area (Å²) in [6, 6.07) is -0.137. The van der Waals surface area contributed by atoms with Gasteiger partial charge in [-0.15, -0.1) is 0 Å². The van der Waals surface area contributed by atoms with E-state index in [9.17, 15) is 13.0 Å². The Hall–Kier alpha value is -0.653. The van der Waals surface area contributed by atoms with Gasteiger partial charge < -0.3 is 9.47 Å². The van der Waals surface area contributed by atoms with E-state index in [0.717, 1.165) is 0 Å². The maximum atomic E-state index is 13.1. The van der Waals surface area contributed by atoms with Crippen LogP contribution in [-0.2, 0) is 9.47 Å². The van der Waals surface area contributed by atoms with Gasteiger partial charge in [0.05, 0.1) is 13.7 Å². The number of methoxy groups -OCH3 is 1. The molecular formula is C8H16F2O3Si. The lowest BCUT2D eigenvalue weighted by molar-refractivity contribution is 0.0725. The highest BCUT2D eigenvalue weighted by atomic mass is 28.4. The molecule has 0 aromatic heterocycles. The van der Waals surface area contributed by atoms with Crippen molar-refractivity contribution in [3.8, 4) is 0 Å². The van der Waals surface area contributed by atoms with E-state index >= 15 is 0 Å². The second-order valence-electron chi connectivity index (χ2n) is 3.32. The first kappa shape index (κ1) is 13.3. The monoisotopic (exact) mass is 226 g/mol. The van der Waals surface area contributed by atoms with Crippen LogP contribution in [0.15, 0.2) is 0 Å². The molecule has 84 valence electrons. The second-order valence-corrected chi connectivity index (χ2v) is 6.50. The standard InChI is InChI=1S/C8H16F2O3Si/c1-7(2)14(9,10)6-4-5-13-8(11)12-3/h7H,4-6H2,1-3H3. The molecule has 0 radical (unpaired) electrons. The normalized spacial score (nSPS) is 11.6. The summed E-state index contributed by atoms with van der Waals surface area (Å²) >= 11 is 0. The molecule has 14 heavy (non-hydrogen) atoms. The Bertz CT molecular complexity index is 185. The Balaban J connectivity index is 3.59. The number of hydrogen-bond acceptors (Lipinski definition) is 3. The maximum Gasteiger partial charge on any atom is 0.507 e. The molecule has 0 saturated carbocycles. The van der Waals surface area contributed by atoms with Gasteiger partial charge in [-0.1, -0.05) is 13.8 Å². The molecule has 0 rings (SSSR count). The summed E-state index contributed by atoms with van der Waals surface area (Å²) in [7, 11) is -2.91. The summed E-state index contributed by atoms with van der Waals surface area (Å²) in [5.41, 5.74) is -0.555. The first-order valence-corrected chi connectivity index (χ1v) is 6.52. The molecule has 6 heteroatoms. The predicted octanol–water partition coefficient (Wildman–Crippen LogP) is 2.95. The van der Waals surface area contributed by atoms with Crippen LogP contribution in [0, 0.1) is 0 Å². The Labute approximate surface area is 83.7 Å². The molecule has 0 aliphatic heterocycles. The number of rotatable bonds is 5. The van der Waals surface area contributed by atoms with Crippen molar-refractivity contribution in [2.75, 3.05) is 13.7 Å². The molecule has 0 aliphatic rings. The van der Waals surface area contributed by atoms with Crippen molar-refractivity contribution < 1.29 is 22.5 Å². The van der Waals surface area contributed by atoms with E-state index in [1.54, 1.807) is 0 Å². The number of ether oxygens (including phenoxy) is 2. The SMILES string of the molecule is COC(=O)OCCC[Si](F)(F)C(C)C. The summed E-state index contributed by atoms with van der Waals surface area (Å²) < 4.78 is 34.9. The zero-order valence-corrected chi connectivity index (χ0v) is 9.68. The minimum Gasteiger partial charge on any atom is -0.438 e. The largest absolute Gasteiger partial charge is 0.507 e. The van der Waals surface area contributed by atoms with E-state index in [4.69, 9.17) is 0 Å². The summed E-state index contributed by atoms with van der Waals surface area (Å²) in [6.07, 6.45) is -0.619. The third-order valence-corrected chi connectivity index (χ3v) is 4.60. The molecule has 0 amide bonds. The van der Waals surface area contributed by atoms with E-state index in [-0.39, 0.29) is 19.1 Å². The van der Waals surface area contributed by atoms with Crippen LogP contribution in [0.2, 0.25) is 11.6 Å². The maximum absolute atomic E-state index is 13.1. The van der Waals surface area contributed by atoms with Crippen LogP contribution < -0.4 is 0 Å². The van der Waals surface area contributed by atoms with Gasteiger partial charge in [0.1, 0.15) is 0 Å². The summed E-state index contributed by atoms with van der Waals surface area (Å²) in [5, 5.41) is 0. The van der Waals surface area contributed by atoms with Crippen molar-refractivity contribution in [2.45, 2.75) is 31.9 Å². The van der Waals surface area contributed by atoms with Crippen LogP contribution in [0.3, 0.4) is 0 Å². The van der Waals surface area contributed by atoms with E-state index < -0.39 is 20.4 Å². The fourth-order valence-corrected chi connectivity index (χ4v) is 2.00. The average molecular weight is 226 g/mol. The molecule has 0 aliphatic carbocycles. The van der Waals surface area contributed by atoms with Crippen LogP contribution >= 0.6 is 0 Å². The molecule has 0 fully saturated rings. The van der Waals surface area contributed by atoms with Gasteiger partial charge >= 0.3 is 14.9 Å². The minimum atomic E-state index is -4.09. The Morgan fingerprint density at radius 1 is 1.43 bits per heavy atom. The lowest BCUT2D eigenvalue weighted by atomic mass is 10.5. The molecule has 0 atom stereocenters. The molecule has 0 spiro atoms. The highest BCUT2D eigenvalue weighted by Gasteiger charge is 2.38. The van der Waals surface area contributed by atoms with Crippen molar-refractivity contribution in [2.24, 2.45) is 0 Å². The van der Waals surface area contributed by atoms with Gasteiger partial charge in [-0.25, -0.2) is 4.79 Å². The Morgan fingerprint density at radius 3 is 2.43 bits per heavy atom. The van der Waals surface area contributed by atoms with Crippen molar-refractivity contribution >= 4 is 14.9 Å². The Morgan fingerprint density at radius 2 is 2.00 bits per heavy atom. The van der Waals surface area contributed by atoms with Gasteiger partial charge in [0.2, 0.25) is 0 Å². The highest BCUT2D eigenvalue weighted by Crippen LogP contribution is 2.28. The fourth-order valence-electron chi connectivity index (χ4n) is 0.811. The zero-order valence-electron chi connectivity index (χ0n) is 8.68. The number of halogens is 2. The van der Waals surface area contributed by atoms with Gasteiger partial charge in [-0.3, -0.25) is 8.22 Å². The Kier molecular flexibility index (Phi) is 5.67. The second kappa shape index (κ2) is 5.95. The molecule has 0 aromatic carbocycles. The molecule has 0 aromatic rings. The zero-order chi connectivity index (χ0) is 11.2. The number of carbonyl (C=O) groups excluding carboxylic acids is 1. The quantitative estimate of drug-likeness (QED) is 0.313. The van der Waals surface area contributed by atoms with Crippen LogP contribution in [0.5, 0.6) is 0 Å². The van der Waals surface area contributed by atoms with Crippen molar-refractivity contribution in [1.29, 1.82) is 0 Å². The third kappa shape index (κ3) is 5.16. The number of hydrogen-bond donors (Lipinski definition) is 0. The molecule has 0 N–H and O–H groups in total. The summed E-state index contributed by atoms with van der Waals surface area (Å²) in [4.78, 5) is 10.4. The molecule has 0 unspecified atom stereocenters. The summed E-state index contributed by atoms with van der Waals surface area (Å²) in [6.45, 7) is 3.04. The fraction of sp³-hybridized carbons (Fsp3) is 0.875. The highest BCUT2D eigenvalue weighted by molar-refractivity contribution is 6.67. The first-order chi connectivity index (χ1) is 6.40. The molecule has 0 heterocycles. The van der Waals surface area contributed by atoms with Gasteiger partial charge in [-0.2, -0.15) is 0 Å². The van der Waals surface area contributed by atoms with E-state index in [0.29, 0.717) is 0 Å². The summed E-state index contributed by atoms with van der Waals surface area (Å²) in [5.74, 6) is 0. The van der Waals surface area contributed by atoms with Crippen molar-refractivity contribution in [3.05, 3.63) is 0 Å². The minimum absolute atomic E-state index is 0.00197. The van der Waals surface area contributed by atoms with Crippen molar-refractivity contribution in [3.63, 3.8) is 0 Å². The predicted molar refractivity (Wildman–Crippen MR) is 50.8 cm³/mol. The third-order valence-electron chi connectivity index (χ3n) is 1.89. The smallest absolute Gasteiger partial charge is 0.438 e. The molecular weight excluding hydrogens is 210 g/mol. The number of carbonyl (C=O) groups is 1. The van der Waals surface area contributed by atoms with Gasteiger partial charge in [0.25, 0.3) is 0 Å². The lowest BCUT2D eigenvalue weighted by Gasteiger charge is -2.15. The van der Waals surface area contributed by atoms with Gasteiger partial charge in [0, 0.05) is 11.6 Å². The molecule has 0 saturated heterocycles. The molecule has 3 nitrogen and oxygen atoms in total. The van der Waals surface area contributed by atoms with E-state index in [2.05, 4.69) is 9.47 Å². The van der Waals surface area contributed by atoms with Crippen LogP contribution in [0.4, 0.5) is 13.0 Å². The average Bonchev–Trinajstić information content (AvgIpc) is 2.11. The van der Waals surface area contributed by atoms with Crippen LogP contribution in [-0.4, -0.2) is 28.6 Å². The molecule has 0 bridgehead atoms. The topological polar surface area (TPSA) is 35.5 Å². The van der Waals surface area contributed by atoms with E-state index in [1.165, 1.54) is 21.0 Å². The van der Waals surface area contributed by atoms with E-state index in [1.807, 2.05) is 0 Å². The van der Waals surface area contributed by atoms with Crippen LogP contribution in [0.1, 0.15) is 20.3 Å². The first-order valence-electron chi connectivity index (χ1n) is 4.48.